The second kappa shape index (κ2) is 17.9. The molecule has 0 heterocycles. The summed E-state index contributed by atoms with van der Waals surface area (Å²) in [4.78, 5) is 0. The van der Waals surface area contributed by atoms with Crippen LogP contribution in [0.15, 0.2) is 0 Å². The fraction of sp³-hybridized carbons (Fsp3) is 1.00. The molecular formula is C23H52NO3Si+. The molecule has 0 rings (SSSR count). The van der Waals surface area contributed by atoms with Gasteiger partial charge in [0.2, 0.25) is 0 Å². The van der Waals surface area contributed by atoms with Crippen LogP contribution in [-0.2, 0) is 13.3 Å². The minimum atomic E-state index is -2.43. The minimum absolute atomic E-state index is 0.914. The van der Waals surface area contributed by atoms with Crippen LogP contribution in [0.2, 0.25) is 6.04 Å². The van der Waals surface area contributed by atoms with Crippen molar-refractivity contribution in [1.82, 2.24) is 0 Å². The topological polar surface area (TPSA) is 27.7 Å². The summed E-state index contributed by atoms with van der Waals surface area (Å²) in [6, 6.07) is 0.914. The number of quaternary nitrogens is 1. The first-order chi connectivity index (χ1) is 13.5. The smallest absolute Gasteiger partial charge is 0.377 e. The second-order valence-electron chi connectivity index (χ2n) is 8.72. The largest absolute Gasteiger partial charge is 0.500 e. The van der Waals surface area contributed by atoms with E-state index in [9.17, 15) is 0 Å². The molecule has 0 spiro atoms. The molecule has 0 radical (unpaired) electrons. The molecule has 4 nitrogen and oxygen atoms in total. The predicted molar refractivity (Wildman–Crippen MR) is 124 cm³/mol. The lowest BCUT2D eigenvalue weighted by molar-refractivity contribution is -0.910. The van der Waals surface area contributed by atoms with Crippen LogP contribution in [0.5, 0.6) is 0 Å². The molecule has 0 saturated carbocycles. The quantitative estimate of drug-likeness (QED) is 0.122. The van der Waals surface area contributed by atoms with Gasteiger partial charge in [0.25, 0.3) is 0 Å². The van der Waals surface area contributed by atoms with E-state index in [-0.39, 0.29) is 0 Å². The molecule has 0 atom stereocenters. The number of hydrogen-bond acceptors (Lipinski definition) is 3. The molecule has 0 N–H and O–H groups in total. The third kappa shape index (κ3) is 13.3. The molecule has 0 aliphatic heterocycles. The van der Waals surface area contributed by atoms with Crippen LogP contribution < -0.4 is 0 Å². The number of nitrogens with zero attached hydrogens (tertiary/aromatic N) is 1. The zero-order valence-electron chi connectivity index (χ0n) is 20.2. The van der Waals surface area contributed by atoms with Crippen molar-refractivity contribution >= 4 is 8.80 Å². The molecule has 0 fully saturated rings. The van der Waals surface area contributed by atoms with Crippen LogP contribution >= 0.6 is 0 Å². The van der Waals surface area contributed by atoms with Crippen molar-refractivity contribution in [2.45, 2.75) is 103 Å². The minimum Gasteiger partial charge on any atom is -0.377 e. The molecule has 0 saturated heterocycles. The first-order valence-electron chi connectivity index (χ1n) is 12.0. The first-order valence-corrected chi connectivity index (χ1v) is 13.9. The maximum atomic E-state index is 5.61. The molecule has 0 unspecified atom stereocenters. The normalized spacial score (nSPS) is 12.6. The highest BCUT2D eigenvalue weighted by molar-refractivity contribution is 6.60. The number of unbranched alkanes of at least 4 members (excludes halogenated alkanes) is 10. The maximum Gasteiger partial charge on any atom is 0.500 e. The fourth-order valence-corrected chi connectivity index (χ4v) is 5.82. The van der Waals surface area contributed by atoms with Crippen LogP contribution in [0.3, 0.4) is 0 Å². The van der Waals surface area contributed by atoms with Gasteiger partial charge in [0.05, 0.1) is 26.7 Å². The van der Waals surface area contributed by atoms with E-state index < -0.39 is 8.80 Å². The molecule has 0 aliphatic carbocycles. The Balaban J connectivity index is 4.43. The third-order valence-corrected chi connectivity index (χ3v) is 9.05. The molecule has 5 heteroatoms. The first kappa shape index (κ1) is 28.1. The van der Waals surface area contributed by atoms with Gasteiger partial charge in [-0.25, -0.2) is 0 Å². The van der Waals surface area contributed by atoms with Crippen molar-refractivity contribution in [3.8, 4) is 0 Å². The van der Waals surface area contributed by atoms with Gasteiger partial charge in [-0.1, -0.05) is 65.2 Å². The lowest BCUT2D eigenvalue weighted by atomic mass is 10.1. The van der Waals surface area contributed by atoms with E-state index in [1.165, 1.54) is 101 Å². The monoisotopic (exact) mass is 418 g/mol. The number of hydrogen-bond donors (Lipinski definition) is 0. The Bertz CT molecular complexity index is 314. The van der Waals surface area contributed by atoms with E-state index in [2.05, 4.69) is 20.9 Å². The Morgan fingerprint density at radius 3 is 1.29 bits per heavy atom. The highest BCUT2D eigenvalue weighted by Crippen LogP contribution is 2.19. The summed E-state index contributed by atoms with van der Waals surface area (Å²) >= 11 is 0. The summed E-state index contributed by atoms with van der Waals surface area (Å²) in [7, 11) is 5.20. The highest BCUT2D eigenvalue weighted by Gasteiger charge is 2.38. The number of rotatable bonds is 21. The van der Waals surface area contributed by atoms with Gasteiger partial charge in [-0.15, -0.1) is 0 Å². The standard InChI is InChI=1S/C23H52NO3Si/c1-7-9-11-13-15-17-20-24(3,21-18-16-14-12-10-8-2)22-19-23-28(25-4,26-5)27-6/h7-23H2,1-6H3/q+1. The van der Waals surface area contributed by atoms with Gasteiger partial charge in [-0.3, -0.25) is 0 Å². The van der Waals surface area contributed by atoms with E-state index in [1.54, 1.807) is 21.3 Å². The predicted octanol–water partition coefficient (Wildman–Crippen LogP) is 6.42. The summed E-state index contributed by atoms with van der Waals surface area (Å²) < 4.78 is 18.0. The van der Waals surface area contributed by atoms with E-state index in [0.29, 0.717) is 0 Å². The van der Waals surface area contributed by atoms with Crippen LogP contribution in [0, 0.1) is 0 Å². The van der Waals surface area contributed by atoms with Crippen LogP contribution in [0.1, 0.15) is 97.3 Å². The van der Waals surface area contributed by atoms with E-state index in [1.807, 2.05) is 0 Å². The van der Waals surface area contributed by atoms with Gasteiger partial charge in [-0.05, 0) is 25.7 Å². The van der Waals surface area contributed by atoms with Crippen molar-refractivity contribution in [2.75, 3.05) is 48.0 Å². The van der Waals surface area contributed by atoms with Gasteiger partial charge in [0.15, 0.2) is 0 Å². The lowest BCUT2D eigenvalue weighted by Crippen LogP contribution is -2.48. The summed E-state index contributed by atoms with van der Waals surface area (Å²) in [6.45, 7) is 8.40. The zero-order valence-corrected chi connectivity index (χ0v) is 21.2. The summed E-state index contributed by atoms with van der Waals surface area (Å²) in [5.41, 5.74) is 0. The van der Waals surface area contributed by atoms with Gasteiger partial charge in [0, 0.05) is 33.8 Å². The third-order valence-electron chi connectivity index (χ3n) is 6.22. The molecule has 0 aromatic heterocycles. The Kier molecular flexibility index (Phi) is 17.9. The molecular weight excluding hydrogens is 366 g/mol. The average Bonchev–Trinajstić information content (AvgIpc) is 2.71. The van der Waals surface area contributed by atoms with E-state index >= 15 is 0 Å². The Hall–Kier alpha value is 0.0569. The maximum absolute atomic E-state index is 5.61. The SMILES string of the molecule is CCCCCCCC[N+](C)(CCCCCCCC)CCC[Si](OC)(OC)OC. The van der Waals surface area contributed by atoms with Gasteiger partial charge in [-0.2, -0.15) is 0 Å². The van der Waals surface area contributed by atoms with Crippen LogP contribution in [-0.4, -0.2) is 61.3 Å². The Morgan fingerprint density at radius 1 is 0.536 bits per heavy atom. The van der Waals surface area contributed by atoms with Crippen LogP contribution in [0.25, 0.3) is 0 Å². The molecule has 0 aromatic carbocycles. The molecule has 0 bridgehead atoms. The molecule has 28 heavy (non-hydrogen) atoms. The van der Waals surface area contributed by atoms with Crippen molar-refractivity contribution in [3.05, 3.63) is 0 Å². The van der Waals surface area contributed by atoms with Crippen molar-refractivity contribution in [2.24, 2.45) is 0 Å². The fourth-order valence-electron chi connectivity index (χ4n) is 4.12. The van der Waals surface area contributed by atoms with Crippen molar-refractivity contribution in [3.63, 3.8) is 0 Å². The molecule has 0 aromatic rings. The van der Waals surface area contributed by atoms with Gasteiger partial charge in [0.1, 0.15) is 0 Å². The molecule has 0 aliphatic rings. The van der Waals surface area contributed by atoms with E-state index in [4.69, 9.17) is 13.3 Å². The average molecular weight is 419 g/mol. The highest BCUT2D eigenvalue weighted by atomic mass is 28.4. The summed E-state index contributed by atoms with van der Waals surface area (Å²) in [5.74, 6) is 0. The molecule has 170 valence electrons. The second-order valence-corrected chi connectivity index (χ2v) is 11.8. The lowest BCUT2D eigenvalue weighted by Gasteiger charge is -2.36. The van der Waals surface area contributed by atoms with E-state index in [0.717, 1.165) is 12.5 Å². The summed E-state index contributed by atoms with van der Waals surface area (Å²) in [5, 5.41) is 0. The van der Waals surface area contributed by atoms with Crippen molar-refractivity contribution < 1.29 is 17.8 Å². The van der Waals surface area contributed by atoms with Crippen LogP contribution in [0.4, 0.5) is 0 Å². The summed E-state index contributed by atoms with van der Waals surface area (Å²) in [6.07, 6.45) is 17.7. The Labute approximate surface area is 178 Å². The van der Waals surface area contributed by atoms with Gasteiger partial charge >= 0.3 is 8.80 Å². The zero-order chi connectivity index (χ0) is 21.1. The molecule has 0 amide bonds. The van der Waals surface area contributed by atoms with Gasteiger partial charge < -0.3 is 17.8 Å². The van der Waals surface area contributed by atoms with Crippen molar-refractivity contribution in [1.29, 1.82) is 0 Å². The Morgan fingerprint density at radius 2 is 0.893 bits per heavy atom.